The molecule has 0 spiro atoms. The topological polar surface area (TPSA) is 98.7 Å². The van der Waals surface area contributed by atoms with Gasteiger partial charge in [0, 0.05) is 51.9 Å². The van der Waals surface area contributed by atoms with Crippen molar-refractivity contribution in [2.75, 3.05) is 32.7 Å². The zero-order valence-corrected chi connectivity index (χ0v) is 17.8. The molecule has 3 rings (SSSR count). The Morgan fingerprint density at radius 3 is 2.59 bits per heavy atom. The lowest BCUT2D eigenvalue weighted by molar-refractivity contribution is -0.120. The zero-order valence-electron chi connectivity index (χ0n) is 17.8. The van der Waals surface area contributed by atoms with Gasteiger partial charge in [0.15, 0.2) is 0 Å². The summed E-state index contributed by atoms with van der Waals surface area (Å²) in [7, 11) is 0. The van der Waals surface area contributed by atoms with Crippen molar-refractivity contribution in [3.63, 3.8) is 0 Å². The molecule has 1 atom stereocenters. The highest BCUT2D eigenvalue weighted by Gasteiger charge is 2.35. The van der Waals surface area contributed by atoms with E-state index in [-0.39, 0.29) is 17.9 Å². The number of nitrogens with one attached hydrogen (secondary N) is 1. The van der Waals surface area contributed by atoms with Crippen LogP contribution < -0.4 is 5.32 Å². The maximum atomic E-state index is 12.9. The Balaban J connectivity index is 1.55. The van der Waals surface area contributed by atoms with E-state index in [0.717, 1.165) is 32.4 Å². The summed E-state index contributed by atoms with van der Waals surface area (Å²) in [6.45, 7) is 8.73. The van der Waals surface area contributed by atoms with Crippen molar-refractivity contribution in [1.29, 1.82) is 0 Å². The third-order valence-corrected chi connectivity index (χ3v) is 6.05. The van der Waals surface area contributed by atoms with E-state index in [0.29, 0.717) is 49.6 Å². The quantitative estimate of drug-likeness (QED) is 0.780. The first-order valence-corrected chi connectivity index (χ1v) is 10.6. The molecule has 8 heteroatoms. The minimum Gasteiger partial charge on any atom is -0.388 e. The van der Waals surface area contributed by atoms with Crippen LogP contribution in [0.3, 0.4) is 0 Å². The number of hydrogen-bond acceptors (Lipinski definition) is 6. The molecule has 0 saturated carbocycles. The van der Waals surface area contributed by atoms with E-state index in [9.17, 15) is 14.7 Å². The van der Waals surface area contributed by atoms with Crippen molar-refractivity contribution in [2.45, 2.75) is 64.5 Å². The van der Waals surface area contributed by atoms with Crippen LogP contribution >= 0.6 is 0 Å². The van der Waals surface area contributed by atoms with E-state index in [2.05, 4.69) is 20.2 Å². The van der Waals surface area contributed by atoms with Crippen LogP contribution in [0.15, 0.2) is 6.20 Å². The van der Waals surface area contributed by atoms with Gasteiger partial charge in [-0.1, -0.05) is 0 Å². The van der Waals surface area contributed by atoms with Gasteiger partial charge in [-0.2, -0.15) is 0 Å². The molecule has 2 fully saturated rings. The summed E-state index contributed by atoms with van der Waals surface area (Å²) < 4.78 is 0. The van der Waals surface area contributed by atoms with Crippen molar-refractivity contribution in [3.8, 4) is 0 Å². The smallest absolute Gasteiger partial charge is 0.257 e. The SMILES string of the molecule is CC(=O)NC1CCN(CC2(O)CCCN(C(=O)c3cnc(C)nc3C)CC2)CC1. The lowest BCUT2D eigenvalue weighted by atomic mass is 9.93. The Hall–Kier alpha value is -2.06. The molecule has 8 nitrogen and oxygen atoms in total. The largest absolute Gasteiger partial charge is 0.388 e. The third-order valence-electron chi connectivity index (χ3n) is 6.05. The minimum atomic E-state index is -0.783. The summed E-state index contributed by atoms with van der Waals surface area (Å²) in [6, 6.07) is 0.237. The molecule has 0 aromatic carbocycles. The van der Waals surface area contributed by atoms with Crippen LogP contribution in [0.25, 0.3) is 0 Å². The van der Waals surface area contributed by atoms with Crippen molar-refractivity contribution in [2.24, 2.45) is 0 Å². The molecule has 2 aliphatic rings. The van der Waals surface area contributed by atoms with Gasteiger partial charge in [0.1, 0.15) is 5.82 Å². The first kappa shape index (κ1) is 21.6. The second-order valence-electron chi connectivity index (χ2n) is 8.54. The molecule has 0 aliphatic carbocycles. The molecule has 2 N–H and O–H groups in total. The van der Waals surface area contributed by atoms with Crippen LogP contribution in [0.2, 0.25) is 0 Å². The molecule has 1 aromatic rings. The van der Waals surface area contributed by atoms with Gasteiger partial charge in [0.2, 0.25) is 5.91 Å². The molecule has 3 heterocycles. The molecule has 2 saturated heterocycles. The van der Waals surface area contributed by atoms with E-state index in [1.54, 1.807) is 13.1 Å². The standard InChI is InChI=1S/C21H33N5O3/c1-15-19(13-22-16(2)23-15)20(28)26-9-4-7-21(29,8-12-26)14-25-10-5-18(6-11-25)24-17(3)27/h13,18,29H,4-12,14H2,1-3H3,(H,24,27). The van der Waals surface area contributed by atoms with Crippen molar-refractivity contribution < 1.29 is 14.7 Å². The number of carbonyl (C=O) groups is 2. The summed E-state index contributed by atoms with van der Waals surface area (Å²) in [5, 5.41) is 14.2. The Kier molecular flexibility index (Phi) is 6.85. The average molecular weight is 404 g/mol. The number of amides is 2. The number of piperidine rings is 1. The van der Waals surface area contributed by atoms with Gasteiger partial charge in [0.05, 0.1) is 16.9 Å². The monoisotopic (exact) mass is 403 g/mol. The molecule has 160 valence electrons. The number of carbonyl (C=O) groups excluding carboxylic acids is 2. The number of aliphatic hydroxyl groups is 1. The van der Waals surface area contributed by atoms with Gasteiger partial charge in [-0.3, -0.25) is 9.59 Å². The Morgan fingerprint density at radius 2 is 1.93 bits per heavy atom. The summed E-state index contributed by atoms with van der Waals surface area (Å²) in [6.07, 6.45) is 5.45. The first-order valence-electron chi connectivity index (χ1n) is 10.6. The third kappa shape index (κ3) is 5.73. The number of aromatic nitrogens is 2. The van der Waals surface area contributed by atoms with Gasteiger partial charge >= 0.3 is 0 Å². The number of likely N-dealkylation sites (tertiary alicyclic amines) is 2. The molecular formula is C21H33N5O3. The molecular weight excluding hydrogens is 370 g/mol. The number of aryl methyl sites for hydroxylation is 2. The van der Waals surface area contributed by atoms with Gasteiger partial charge in [0.25, 0.3) is 5.91 Å². The van der Waals surface area contributed by atoms with Crippen LogP contribution in [0.5, 0.6) is 0 Å². The maximum Gasteiger partial charge on any atom is 0.257 e. The highest BCUT2D eigenvalue weighted by molar-refractivity contribution is 5.94. The van der Waals surface area contributed by atoms with Crippen LogP contribution in [0, 0.1) is 13.8 Å². The van der Waals surface area contributed by atoms with E-state index >= 15 is 0 Å². The molecule has 29 heavy (non-hydrogen) atoms. The van der Waals surface area contributed by atoms with Crippen LogP contribution in [-0.4, -0.2) is 81.1 Å². The van der Waals surface area contributed by atoms with Crippen molar-refractivity contribution in [3.05, 3.63) is 23.3 Å². The van der Waals surface area contributed by atoms with Crippen LogP contribution in [0.1, 0.15) is 60.9 Å². The van der Waals surface area contributed by atoms with E-state index in [1.807, 2.05) is 18.7 Å². The van der Waals surface area contributed by atoms with Crippen LogP contribution in [-0.2, 0) is 4.79 Å². The highest BCUT2D eigenvalue weighted by Crippen LogP contribution is 2.26. The summed E-state index contributed by atoms with van der Waals surface area (Å²) in [4.78, 5) is 36.7. The number of β-amino-alcohol motifs (C(OH)–C–C–N with tert-alkyl or cyclic N) is 1. The van der Waals surface area contributed by atoms with Gasteiger partial charge in [-0.05, 0) is 46.0 Å². The molecule has 0 radical (unpaired) electrons. The molecule has 2 amide bonds. The van der Waals surface area contributed by atoms with Gasteiger partial charge in [-0.15, -0.1) is 0 Å². The molecule has 2 aliphatic heterocycles. The van der Waals surface area contributed by atoms with E-state index in [4.69, 9.17) is 0 Å². The highest BCUT2D eigenvalue weighted by atomic mass is 16.3. The Bertz CT molecular complexity index is 748. The second-order valence-corrected chi connectivity index (χ2v) is 8.54. The Labute approximate surface area is 172 Å². The second kappa shape index (κ2) is 9.17. The van der Waals surface area contributed by atoms with Gasteiger partial charge < -0.3 is 20.2 Å². The first-order chi connectivity index (χ1) is 13.8. The molecule has 1 unspecified atom stereocenters. The fraction of sp³-hybridized carbons (Fsp3) is 0.714. The fourth-order valence-corrected chi connectivity index (χ4v) is 4.44. The summed E-state index contributed by atoms with van der Waals surface area (Å²) in [5.74, 6) is 0.624. The summed E-state index contributed by atoms with van der Waals surface area (Å²) >= 11 is 0. The van der Waals surface area contributed by atoms with E-state index in [1.165, 1.54) is 0 Å². The Morgan fingerprint density at radius 1 is 1.21 bits per heavy atom. The average Bonchev–Trinajstić information content (AvgIpc) is 2.84. The van der Waals surface area contributed by atoms with Gasteiger partial charge in [-0.25, -0.2) is 9.97 Å². The minimum absolute atomic E-state index is 0.0184. The maximum absolute atomic E-state index is 12.9. The number of nitrogens with zero attached hydrogens (tertiary/aromatic N) is 4. The van der Waals surface area contributed by atoms with Crippen molar-refractivity contribution >= 4 is 11.8 Å². The zero-order chi connectivity index (χ0) is 21.0. The molecule has 1 aromatic heterocycles. The molecule has 0 bridgehead atoms. The number of rotatable bonds is 4. The predicted molar refractivity (Wildman–Crippen MR) is 109 cm³/mol. The lowest BCUT2D eigenvalue weighted by Gasteiger charge is -2.38. The normalized spacial score (nSPS) is 24.2. The van der Waals surface area contributed by atoms with Crippen molar-refractivity contribution in [1.82, 2.24) is 25.1 Å². The number of hydrogen-bond donors (Lipinski definition) is 2. The lowest BCUT2D eigenvalue weighted by Crippen LogP contribution is -2.50. The fourth-order valence-electron chi connectivity index (χ4n) is 4.44. The summed E-state index contributed by atoms with van der Waals surface area (Å²) in [5.41, 5.74) is 0.458. The predicted octanol–water partition coefficient (Wildman–Crippen LogP) is 1.05. The van der Waals surface area contributed by atoms with E-state index < -0.39 is 5.60 Å². The van der Waals surface area contributed by atoms with Crippen LogP contribution in [0.4, 0.5) is 0 Å².